The molecule has 0 bridgehead atoms. The molecule has 0 aliphatic heterocycles. The van der Waals surface area contributed by atoms with Crippen LogP contribution in [-0.2, 0) is 11.8 Å². The van der Waals surface area contributed by atoms with Crippen LogP contribution < -0.4 is 5.32 Å². The fourth-order valence-corrected chi connectivity index (χ4v) is 3.34. The average molecular weight is 329 g/mol. The quantitative estimate of drug-likeness (QED) is 0.750. The van der Waals surface area contributed by atoms with E-state index < -0.39 is 5.97 Å². The Morgan fingerprint density at radius 2 is 1.96 bits per heavy atom. The van der Waals surface area contributed by atoms with Crippen LogP contribution >= 0.6 is 11.3 Å². The maximum atomic E-state index is 12.4. The molecule has 118 valence electrons. The van der Waals surface area contributed by atoms with Gasteiger partial charge in [0.1, 0.15) is 4.83 Å². The summed E-state index contributed by atoms with van der Waals surface area (Å²) in [4.78, 5) is 25.3. The molecule has 3 aromatic rings. The first-order chi connectivity index (χ1) is 11.0. The van der Waals surface area contributed by atoms with E-state index >= 15 is 0 Å². The van der Waals surface area contributed by atoms with Gasteiger partial charge in [-0.05, 0) is 37.3 Å². The number of methoxy groups -OCH3 is 1. The van der Waals surface area contributed by atoms with Gasteiger partial charge in [-0.25, -0.2) is 4.79 Å². The summed E-state index contributed by atoms with van der Waals surface area (Å²) in [5.41, 5.74) is 1.96. The predicted octanol–water partition coefficient (Wildman–Crippen LogP) is 2.98. The lowest BCUT2D eigenvalue weighted by atomic mass is 10.2. The Kier molecular flexibility index (Phi) is 3.87. The van der Waals surface area contributed by atoms with Crippen molar-refractivity contribution < 1.29 is 14.3 Å². The average Bonchev–Trinajstić information content (AvgIpc) is 3.09. The number of aromatic nitrogens is 2. The van der Waals surface area contributed by atoms with Gasteiger partial charge >= 0.3 is 5.97 Å². The second-order valence-electron chi connectivity index (χ2n) is 5.06. The number of esters is 1. The molecule has 0 saturated heterocycles. The molecular weight excluding hydrogens is 314 g/mol. The highest BCUT2D eigenvalue weighted by Crippen LogP contribution is 2.28. The molecule has 2 heterocycles. The van der Waals surface area contributed by atoms with Crippen molar-refractivity contribution in [2.24, 2.45) is 7.05 Å². The van der Waals surface area contributed by atoms with E-state index in [1.807, 2.05) is 20.0 Å². The topological polar surface area (TPSA) is 73.2 Å². The first-order valence-electron chi connectivity index (χ1n) is 6.92. The Morgan fingerprint density at radius 3 is 2.57 bits per heavy atom. The molecule has 0 saturated carbocycles. The highest BCUT2D eigenvalue weighted by atomic mass is 32.1. The van der Waals surface area contributed by atoms with Gasteiger partial charge in [-0.2, -0.15) is 5.10 Å². The predicted molar refractivity (Wildman–Crippen MR) is 89.1 cm³/mol. The van der Waals surface area contributed by atoms with Gasteiger partial charge in [0.2, 0.25) is 0 Å². The summed E-state index contributed by atoms with van der Waals surface area (Å²) >= 11 is 1.40. The third-order valence-electron chi connectivity index (χ3n) is 3.48. The molecule has 0 radical (unpaired) electrons. The Balaban J connectivity index is 1.80. The standard InChI is InChI=1S/C16H15N3O3S/c1-9-12-8-13(23-15(12)19(2)18-9)14(20)17-11-6-4-10(5-7-11)16(21)22-3/h4-8H,1-3H3,(H,17,20). The van der Waals surface area contributed by atoms with Gasteiger partial charge in [0.15, 0.2) is 0 Å². The van der Waals surface area contributed by atoms with Crippen LogP contribution in [0.2, 0.25) is 0 Å². The van der Waals surface area contributed by atoms with E-state index in [1.165, 1.54) is 18.4 Å². The zero-order chi connectivity index (χ0) is 16.6. The maximum absolute atomic E-state index is 12.4. The lowest BCUT2D eigenvalue weighted by Gasteiger charge is -2.04. The number of carbonyl (C=O) groups excluding carboxylic acids is 2. The minimum atomic E-state index is -0.407. The van der Waals surface area contributed by atoms with Gasteiger partial charge < -0.3 is 10.1 Å². The lowest BCUT2D eigenvalue weighted by molar-refractivity contribution is 0.0600. The zero-order valence-corrected chi connectivity index (χ0v) is 13.7. The first kappa shape index (κ1) is 15.2. The molecule has 0 fully saturated rings. The number of aryl methyl sites for hydroxylation is 2. The van der Waals surface area contributed by atoms with Crippen molar-refractivity contribution in [2.75, 3.05) is 12.4 Å². The van der Waals surface area contributed by atoms with Crippen LogP contribution in [0.5, 0.6) is 0 Å². The molecule has 0 atom stereocenters. The van der Waals surface area contributed by atoms with Gasteiger partial charge in [-0.1, -0.05) is 0 Å². The minimum Gasteiger partial charge on any atom is -0.465 e. The number of benzene rings is 1. The number of amides is 1. The van der Waals surface area contributed by atoms with E-state index in [0.717, 1.165) is 15.9 Å². The van der Waals surface area contributed by atoms with Gasteiger partial charge in [0, 0.05) is 18.1 Å². The molecule has 7 heteroatoms. The molecule has 1 N–H and O–H groups in total. The van der Waals surface area contributed by atoms with Crippen LogP contribution in [0, 0.1) is 6.92 Å². The number of hydrogen-bond acceptors (Lipinski definition) is 5. The molecule has 6 nitrogen and oxygen atoms in total. The monoisotopic (exact) mass is 329 g/mol. The van der Waals surface area contributed by atoms with Crippen molar-refractivity contribution in [3.63, 3.8) is 0 Å². The SMILES string of the molecule is COC(=O)c1ccc(NC(=O)c2cc3c(C)nn(C)c3s2)cc1. The van der Waals surface area contributed by atoms with Crippen molar-refractivity contribution in [2.45, 2.75) is 6.92 Å². The molecule has 0 aliphatic rings. The van der Waals surface area contributed by atoms with Gasteiger partial charge in [0.05, 0.1) is 23.2 Å². The summed E-state index contributed by atoms with van der Waals surface area (Å²) < 4.78 is 6.42. The van der Waals surface area contributed by atoms with Gasteiger partial charge in [-0.15, -0.1) is 11.3 Å². The number of anilines is 1. The first-order valence-corrected chi connectivity index (χ1v) is 7.74. The summed E-state index contributed by atoms with van der Waals surface area (Å²) in [6.07, 6.45) is 0. The van der Waals surface area contributed by atoms with Crippen LogP contribution in [0.4, 0.5) is 5.69 Å². The normalized spacial score (nSPS) is 10.7. The van der Waals surface area contributed by atoms with Crippen molar-refractivity contribution in [1.29, 1.82) is 0 Å². The number of hydrogen-bond donors (Lipinski definition) is 1. The van der Waals surface area contributed by atoms with E-state index in [-0.39, 0.29) is 5.91 Å². The summed E-state index contributed by atoms with van der Waals surface area (Å²) in [5.74, 6) is -0.591. The van der Waals surface area contributed by atoms with Gasteiger partial charge in [0.25, 0.3) is 5.91 Å². The van der Waals surface area contributed by atoms with E-state index in [2.05, 4.69) is 15.2 Å². The Hall–Kier alpha value is -2.67. The zero-order valence-electron chi connectivity index (χ0n) is 12.9. The number of ether oxygens (including phenoxy) is 1. The second kappa shape index (κ2) is 5.85. The number of rotatable bonds is 3. The second-order valence-corrected chi connectivity index (χ2v) is 6.09. The van der Waals surface area contributed by atoms with Gasteiger partial charge in [-0.3, -0.25) is 9.48 Å². The van der Waals surface area contributed by atoms with Crippen molar-refractivity contribution >= 4 is 39.1 Å². The van der Waals surface area contributed by atoms with E-state index in [0.29, 0.717) is 16.1 Å². The number of nitrogens with one attached hydrogen (secondary N) is 1. The Morgan fingerprint density at radius 1 is 1.26 bits per heavy atom. The largest absolute Gasteiger partial charge is 0.465 e. The molecule has 1 aromatic carbocycles. The van der Waals surface area contributed by atoms with E-state index in [4.69, 9.17) is 0 Å². The fourth-order valence-electron chi connectivity index (χ4n) is 2.32. The molecular formula is C16H15N3O3S. The molecule has 23 heavy (non-hydrogen) atoms. The summed E-state index contributed by atoms with van der Waals surface area (Å²) in [6.45, 7) is 1.92. The number of carbonyl (C=O) groups is 2. The highest BCUT2D eigenvalue weighted by Gasteiger charge is 2.15. The molecule has 0 unspecified atom stereocenters. The van der Waals surface area contributed by atoms with Crippen LogP contribution in [-0.4, -0.2) is 28.8 Å². The number of nitrogens with zero attached hydrogens (tertiary/aromatic N) is 2. The van der Waals surface area contributed by atoms with Crippen molar-refractivity contribution in [1.82, 2.24) is 9.78 Å². The van der Waals surface area contributed by atoms with Crippen molar-refractivity contribution in [3.05, 3.63) is 46.5 Å². The summed E-state index contributed by atoms with van der Waals surface area (Å²) in [6, 6.07) is 8.41. The molecule has 3 rings (SSSR count). The third-order valence-corrected chi connectivity index (χ3v) is 4.68. The summed E-state index contributed by atoms with van der Waals surface area (Å²) in [5, 5.41) is 8.13. The van der Waals surface area contributed by atoms with Crippen LogP contribution in [0.3, 0.4) is 0 Å². The Labute approximate surface area is 136 Å². The molecule has 0 aliphatic carbocycles. The highest BCUT2D eigenvalue weighted by molar-refractivity contribution is 7.20. The van der Waals surface area contributed by atoms with Crippen LogP contribution in [0.15, 0.2) is 30.3 Å². The molecule has 1 amide bonds. The van der Waals surface area contributed by atoms with E-state index in [9.17, 15) is 9.59 Å². The fraction of sp³-hybridized carbons (Fsp3) is 0.188. The lowest BCUT2D eigenvalue weighted by Crippen LogP contribution is -2.10. The summed E-state index contributed by atoms with van der Waals surface area (Å²) in [7, 11) is 3.19. The minimum absolute atomic E-state index is 0.184. The van der Waals surface area contributed by atoms with Crippen LogP contribution in [0.1, 0.15) is 25.7 Å². The molecule has 0 spiro atoms. The van der Waals surface area contributed by atoms with Crippen molar-refractivity contribution in [3.8, 4) is 0 Å². The van der Waals surface area contributed by atoms with E-state index in [1.54, 1.807) is 28.9 Å². The van der Waals surface area contributed by atoms with Crippen LogP contribution in [0.25, 0.3) is 10.2 Å². The number of thiophene rings is 1. The molecule has 2 aromatic heterocycles. The maximum Gasteiger partial charge on any atom is 0.337 e. The number of fused-ring (bicyclic) bond motifs is 1. The Bertz CT molecular complexity index is 859. The third kappa shape index (κ3) is 2.83. The smallest absolute Gasteiger partial charge is 0.337 e.